The van der Waals surface area contributed by atoms with E-state index in [4.69, 9.17) is 19.2 Å². The molecule has 1 amide bonds. The fraction of sp³-hybridized carbons (Fsp3) is 0.360. The number of carbonyl (C=O) groups excluding carboxylic acids is 1. The molecule has 1 atom stereocenters. The molecule has 1 aromatic heterocycles. The lowest BCUT2D eigenvalue weighted by atomic mass is 10.0. The van der Waals surface area contributed by atoms with Crippen LogP contribution in [0, 0.1) is 5.92 Å². The molecule has 3 aromatic rings. The number of piperidine rings is 1. The van der Waals surface area contributed by atoms with Crippen molar-refractivity contribution in [3.8, 4) is 17.2 Å². The van der Waals surface area contributed by atoms with Crippen molar-refractivity contribution in [3.63, 3.8) is 0 Å². The molecule has 1 saturated heterocycles. The average Bonchev–Trinajstić information content (AvgIpc) is 3.29. The maximum atomic E-state index is 12.4. The van der Waals surface area contributed by atoms with Crippen LogP contribution in [0.25, 0.3) is 10.9 Å². The highest BCUT2D eigenvalue weighted by atomic mass is 16.7. The number of hydrogen-bond acceptors (Lipinski definition) is 6. The largest absolute Gasteiger partial charge is 0.481 e. The summed E-state index contributed by atoms with van der Waals surface area (Å²) in [5.41, 5.74) is 1.72. The van der Waals surface area contributed by atoms with Gasteiger partial charge in [-0.25, -0.2) is 4.98 Å². The van der Waals surface area contributed by atoms with Crippen molar-refractivity contribution in [1.29, 1.82) is 0 Å². The number of anilines is 1. The number of benzene rings is 2. The van der Waals surface area contributed by atoms with Crippen LogP contribution in [0.1, 0.15) is 25.3 Å². The number of hydrogen-bond donors (Lipinski definition) is 1. The van der Waals surface area contributed by atoms with Crippen molar-refractivity contribution in [2.75, 3.05) is 31.4 Å². The summed E-state index contributed by atoms with van der Waals surface area (Å²) >= 11 is 0. The quantitative estimate of drug-likeness (QED) is 0.636. The molecule has 7 heteroatoms. The van der Waals surface area contributed by atoms with E-state index in [-0.39, 0.29) is 19.3 Å². The summed E-state index contributed by atoms with van der Waals surface area (Å²) in [6.45, 7) is 4.87. The third kappa shape index (κ3) is 4.42. The SMILES string of the molecule is CC1CCCN(c2ccc3cccc(OCC(=O)NCc4ccc5c(c4)OCO5)c3n2)C1. The number of para-hydroxylation sites is 1. The van der Waals surface area contributed by atoms with E-state index in [1.54, 1.807) is 0 Å². The Bertz CT molecular complexity index is 1130. The zero-order valence-corrected chi connectivity index (χ0v) is 18.2. The maximum Gasteiger partial charge on any atom is 0.258 e. The number of aromatic nitrogens is 1. The van der Waals surface area contributed by atoms with Crippen LogP contribution in [-0.2, 0) is 11.3 Å². The van der Waals surface area contributed by atoms with Crippen LogP contribution in [0.5, 0.6) is 17.2 Å². The molecule has 0 aliphatic carbocycles. The molecule has 1 fully saturated rings. The van der Waals surface area contributed by atoms with Gasteiger partial charge in [0.05, 0.1) is 0 Å². The van der Waals surface area contributed by atoms with Crippen LogP contribution in [-0.4, -0.2) is 37.4 Å². The van der Waals surface area contributed by atoms with Gasteiger partial charge in [-0.3, -0.25) is 4.79 Å². The van der Waals surface area contributed by atoms with Gasteiger partial charge in [0, 0.05) is 25.0 Å². The number of rotatable bonds is 6. The smallest absolute Gasteiger partial charge is 0.258 e. The van der Waals surface area contributed by atoms with Crippen LogP contribution in [0.4, 0.5) is 5.82 Å². The third-order valence-electron chi connectivity index (χ3n) is 5.93. The van der Waals surface area contributed by atoms with Gasteiger partial charge in [-0.15, -0.1) is 0 Å². The van der Waals surface area contributed by atoms with E-state index < -0.39 is 0 Å². The second kappa shape index (κ2) is 8.94. The molecule has 0 radical (unpaired) electrons. The Kier molecular flexibility index (Phi) is 5.71. The van der Waals surface area contributed by atoms with Crippen molar-refractivity contribution >= 4 is 22.6 Å². The normalized spacial score (nSPS) is 17.4. The summed E-state index contributed by atoms with van der Waals surface area (Å²) in [7, 11) is 0. The van der Waals surface area contributed by atoms with Crippen LogP contribution < -0.4 is 24.4 Å². The van der Waals surface area contributed by atoms with Crippen LogP contribution in [0.15, 0.2) is 48.5 Å². The van der Waals surface area contributed by atoms with E-state index >= 15 is 0 Å². The first kappa shape index (κ1) is 20.4. The minimum Gasteiger partial charge on any atom is -0.481 e. The van der Waals surface area contributed by atoms with Gasteiger partial charge in [-0.2, -0.15) is 0 Å². The van der Waals surface area contributed by atoms with Gasteiger partial charge in [0.15, 0.2) is 18.1 Å². The van der Waals surface area contributed by atoms with Crippen molar-refractivity contribution in [2.45, 2.75) is 26.3 Å². The molecule has 3 heterocycles. The zero-order chi connectivity index (χ0) is 21.9. The van der Waals surface area contributed by atoms with E-state index in [0.29, 0.717) is 24.0 Å². The van der Waals surface area contributed by atoms with Crippen molar-refractivity contribution in [2.24, 2.45) is 5.92 Å². The minimum absolute atomic E-state index is 0.0731. The van der Waals surface area contributed by atoms with E-state index in [9.17, 15) is 4.79 Å². The number of nitrogens with one attached hydrogen (secondary N) is 1. The second-order valence-electron chi connectivity index (χ2n) is 8.44. The minimum atomic E-state index is -0.194. The molecule has 0 spiro atoms. The highest BCUT2D eigenvalue weighted by Crippen LogP contribution is 2.32. The molecule has 166 valence electrons. The number of carbonyl (C=O) groups is 1. The average molecular weight is 434 g/mol. The van der Waals surface area contributed by atoms with E-state index in [1.165, 1.54) is 12.8 Å². The molecule has 2 aliphatic rings. The first-order chi connectivity index (χ1) is 15.7. The standard InChI is InChI=1S/C25H27N3O4/c1-17-4-3-11-28(14-17)23-10-8-19-5-2-6-21(25(19)27-23)30-15-24(29)26-13-18-7-9-20-22(12-18)32-16-31-20/h2,5-10,12,17H,3-4,11,13-16H2,1H3,(H,26,29). The molecule has 7 nitrogen and oxygen atoms in total. The van der Waals surface area contributed by atoms with Crippen LogP contribution >= 0.6 is 0 Å². The molecule has 2 aromatic carbocycles. The van der Waals surface area contributed by atoms with Gasteiger partial charge in [0.1, 0.15) is 17.1 Å². The van der Waals surface area contributed by atoms with Gasteiger partial charge in [0.2, 0.25) is 6.79 Å². The van der Waals surface area contributed by atoms with E-state index in [1.807, 2.05) is 36.4 Å². The Morgan fingerprint density at radius 3 is 3.00 bits per heavy atom. The van der Waals surface area contributed by atoms with Gasteiger partial charge in [-0.1, -0.05) is 25.1 Å². The van der Waals surface area contributed by atoms with Gasteiger partial charge in [-0.05, 0) is 54.7 Å². The number of amides is 1. The Balaban J connectivity index is 1.23. The first-order valence-electron chi connectivity index (χ1n) is 11.1. The summed E-state index contributed by atoms with van der Waals surface area (Å²) in [6.07, 6.45) is 2.45. The van der Waals surface area contributed by atoms with Crippen LogP contribution in [0.3, 0.4) is 0 Å². The molecule has 0 saturated carbocycles. The van der Waals surface area contributed by atoms with Crippen molar-refractivity contribution in [1.82, 2.24) is 10.3 Å². The fourth-order valence-electron chi connectivity index (χ4n) is 4.25. The molecular weight excluding hydrogens is 406 g/mol. The van der Waals surface area contributed by atoms with Crippen LogP contribution in [0.2, 0.25) is 0 Å². The highest BCUT2D eigenvalue weighted by molar-refractivity contribution is 5.86. The van der Waals surface area contributed by atoms with Crippen molar-refractivity contribution in [3.05, 3.63) is 54.1 Å². The summed E-state index contributed by atoms with van der Waals surface area (Å²) in [5, 5.41) is 3.88. The molecular formula is C25H27N3O4. The molecule has 5 rings (SSSR count). The van der Waals surface area contributed by atoms with Gasteiger partial charge < -0.3 is 24.4 Å². The summed E-state index contributed by atoms with van der Waals surface area (Å²) in [5.74, 6) is 3.49. The monoisotopic (exact) mass is 433 g/mol. The Labute approximate surface area is 187 Å². The summed E-state index contributed by atoms with van der Waals surface area (Å²) < 4.78 is 16.6. The summed E-state index contributed by atoms with van der Waals surface area (Å²) in [6, 6.07) is 15.6. The Morgan fingerprint density at radius 2 is 2.09 bits per heavy atom. The zero-order valence-electron chi connectivity index (χ0n) is 18.2. The van der Waals surface area contributed by atoms with Gasteiger partial charge in [0.25, 0.3) is 5.91 Å². The lowest BCUT2D eigenvalue weighted by molar-refractivity contribution is -0.123. The Morgan fingerprint density at radius 1 is 1.19 bits per heavy atom. The van der Waals surface area contributed by atoms with Crippen molar-refractivity contribution < 1.29 is 19.0 Å². The number of pyridine rings is 1. The first-order valence-corrected chi connectivity index (χ1v) is 11.1. The highest BCUT2D eigenvalue weighted by Gasteiger charge is 2.18. The topological polar surface area (TPSA) is 72.9 Å². The lowest BCUT2D eigenvalue weighted by Crippen LogP contribution is -2.34. The van der Waals surface area contributed by atoms with Gasteiger partial charge >= 0.3 is 0 Å². The lowest BCUT2D eigenvalue weighted by Gasteiger charge is -2.32. The molecule has 32 heavy (non-hydrogen) atoms. The number of fused-ring (bicyclic) bond motifs is 2. The number of nitrogens with zero attached hydrogens (tertiary/aromatic N) is 2. The second-order valence-corrected chi connectivity index (χ2v) is 8.44. The fourth-order valence-corrected chi connectivity index (χ4v) is 4.25. The molecule has 1 N–H and O–H groups in total. The molecule has 2 aliphatic heterocycles. The van der Waals surface area contributed by atoms with E-state index in [2.05, 4.69) is 29.3 Å². The molecule has 0 bridgehead atoms. The predicted octanol–water partition coefficient (Wildman–Crippen LogP) is 3.90. The predicted molar refractivity (Wildman–Crippen MR) is 122 cm³/mol. The summed E-state index contributed by atoms with van der Waals surface area (Å²) in [4.78, 5) is 19.6. The maximum absolute atomic E-state index is 12.4. The Hall–Kier alpha value is -3.48. The molecule has 1 unspecified atom stereocenters. The van der Waals surface area contributed by atoms with E-state index in [0.717, 1.165) is 41.1 Å². The number of ether oxygens (including phenoxy) is 3. The third-order valence-corrected chi connectivity index (χ3v) is 5.93.